The number of rotatable bonds is 3. The summed E-state index contributed by atoms with van der Waals surface area (Å²) in [6, 6.07) is 5.29. The van der Waals surface area contributed by atoms with Gasteiger partial charge in [-0.1, -0.05) is 11.8 Å². The van der Waals surface area contributed by atoms with Crippen LogP contribution in [0, 0.1) is 11.5 Å². The lowest BCUT2D eigenvalue weighted by atomic mass is 10.3. The van der Waals surface area contributed by atoms with Gasteiger partial charge in [-0.3, -0.25) is 5.32 Å². The lowest BCUT2D eigenvalue weighted by Gasteiger charge is -2.07. The van der Waals surface area contributed by atoms with Crippen molar-refractivity contribution in [2.75, 3.05) is 20.5 Å². The molecule has 0 radical (unpaired) electrons. The van der Waals surface area contributed by atoms with Crippen LogP contribution in [-0.2, 0) is 0 Å². The molecule has 0 aromatic heterocycles. The standard InChI is InChI=1S/C11H13N3O2S/c1-15-8-4-5-9(10(6-8)16-2)14-11(17-3)13-7-12/h4-6H,1-3H3,(H,13,14). The summed E-state index contributed by atoms with van der Waals surface area (Å²) in [7, 11) is 3.15. The zero-order valence-corrected chi connectivity index (χ0v) is 10.7. The topological polar surface area (TPSA) is 66.6 Å². The highest BCUT2D eigenvalue weighted by atomic mass is 32.2. The van der Waals surface area contributed by atoms with E-state index in [0.717, 1.165) is 0 Å². The van der Waals surface area contributed by atoms with Crippen LogP contribution in [0.4, 0.5) is 5.69 Å². The van der Waals surface area contributed by atoms with Crippen molar-refractivity contribution < 1.29 is 9.47 Å². The van der Waals surface area contributed by atoms with Crippen LogP contribution in [0.1, 0.15) is 0 Å². The quantitative estimate of drug-likeness (QED) is 0.386. The van der Waals surface area contributed by atoms with Gasteiger partial charge in [0.2, 0.25) is 0 Å². The number of ether oxygens (including phenoxy) is 2. The van der Waals surface area contributed by atoms with E-state index >= 15 is 0 Å². The zero-order valence-electron chi connectivity index (χ0n) is 9.85. The molecule has 0 unspecified atom stereocenters. The number of nitriles is 1. The Kier molecular flexibility index (Phi) is 5.17. The Morgan fingerprint density at radius 1 is 1.41 bits per heavy atom. The molecule has 0 fully saturated rings. The highest BCUT2D eigenvalue weighted by molar-refractivity contribution is 8.13. The summed E-state index contributed by atoms with van der Waals surface area (Å²) >= 11 is 1.35. The zero-order chi connectivity index (χ0) is 12.7. The summed E-state index contributed by atoms with van der Waals surface area (Å²) in [5.74, 6) is 1.29. The number of nitrogens with zero attached hydrogens (tertiary/aromatic N) is 2. The molecule has 5 nitrogen and oxygen atoms in total. The Balaban J connectivity index is 3.09. The van der Waals surface area contributed by atoms with Crippen LogP contribution in [0.25, 0.3) is 0 Å². The van der Waals surface area contributed by atoms with Crippen molar-refractivity contribution in [3.05, 3.63) is 18.2 Å². The predicted molar refractivity (Wildman–Crippen MR) is 68.9 cm³/mol. The summed E-state index contributed by atoms with van der Waals surface area (Å²) in [6.45, 7) is 0. The summed E-state index contributed by atoms with van der Waals surface area (Å²) in [5.41, 5.74) is 0.639. The van der Waals surface area contributed by atoms with Gasteiger partial charge in [-0.2, -0.15) is 5.26 Å². The Hall–Kier alpha value is -1.87. The van der Waals surface area contributed by atoms with Crippen LogP contribution in [0.2, 0.25) is 0 Å². The SMILES string of the molecule is COc1ccc(N=C(NC#N)SC)c(OC)c1. The molecule has 0 aliphatic carbocycles. The molecule has 0 aliphatic heterocycles. The molecule has 0 heterocycles. The molecule has 6 heteroatoms. The number of thioether (sulfide) groups is 1. The molecule has 1 rings (SSSR count). The summed E-state index contributed by atoms with van der Waals surface area (Å²) in [4.78, 5) is 4.28. The Bertz CT molecular complexity index is 455. The first-order valence-corrected chi connectivity index (χ1v) is 5.97. The van der Waals surface area contributed by atoms with Crippen molar-refractivity contribution in [1.29, 1.82) is 5.26 Å². The second kappa shape index (κ2) is 6.66. The van der Waals surface area contributed by atoms with Gasteiger partial charge >= 0.3 is 0 Å². The smallest absolute Gasteiger partial charge is 0.183 e. The minimum absolute atomic E-state index is 0.510. The molecular formula is C11H13N3O2S. The van der Waals surface area contributed by atoms with E-state index in [-0.39, 0.29) is 0 Å². The summed E-state index contributed by atoms with van der Waals surface area (Å²) in [6.07, 6.45) is 3.66. The number of hydrogen-bond donors (Lipinski definition) is 1. The number of methoxy groups -OCH3 is 2. The molecule has 0 saturated heterocycles. The van der Waals surface area contributed by atoms with E-state index in [9.17, 15) is 0 Å². The Labute approximate surface area is 104 Å². The average molecular weight is 251 g/mol. The summed E-state index contributed by atoms with van der Waals surface area (Å²) < 4.78 is 10.3. The van der Waals surface area contributed by atoms with Gasteiger partial charge in [0.15, 0.2) is 11.4 Å². The molecule has 0 atom stereocenters. The summed E-state index contributed by atoms with van der Waals surface area (Å²) in [5, 5.41) is 11.6. The van der Waals surface area contributed by atoms with Crippen molar-refractivity contribution >= 4 is 22.6 Å². The van der Waals surface area contributed by atoms with E-state index in [1.54, 1.807) is 32.4 Å². The second-order valence-corrected chi connectivity index (χ2v) is 3.69. The fourth-order valence-electron chi connectivity index (χ4n) is 1.16. The molecule has 1 N–H and O–H groups in total. The minimum atomic E-state index is 0.510. The molecule has 1 aromatic carbocycles. The molecule has 0 bridgehead atoms. The second-order valence-electron chi connectivity index (χ2n) is 2.90. The van der Waals surface area contributed by atoms with Gasteiger partial charge in [-0.05, 0) is 18.4 Å². The van der Waals surface area contributed by atoms with Gasteiger partial charge in [0.05, 0.1) is 14.2 Å². The van der Waals surface area contributed by atoms with Crippen LogP contribution in [0.15, 0.2) is 23.2 Å². The van der Waals surface area contributed by atoms with Crippen LogP contribution >= 0.6 is 11.8 Å². The fraction of sp³-hybridized carbons (Fsp3) is 0.273. The normalized spacial score (nSPS) is 10.6. The van der Waals surface area contributed by atoms with Crippen molar-refractivity contribution in [3.8, 4) is 17.7 Å². The van der Waals surface area contributed by atoms with E-state index < -0.39 is 0 Å². The maximum atomic E-state index is 8.55. The van der Waals surface area contributed by atoms with Gasteiger partial charge in [-0.25, -0.2) is 4.99 Å². The lowest BCUT2D eigenvalue weighted by molar-refractivity contribution is 0.395. The van der Waals surface area contributed by atoms with E-state index in [1.165, 1.54) is 11.8 Å². The third-order valence-corrected chi connectivity index (χ3v) is 2.55. The number of amidine groups is 1. The van der Waals surface area contributed by atoms with Gasteiger partial charge in [0.1, 0.15) is 17.2 Å². The number of benzene rings is 1. The average Bonchev–Trinajstić information content (AvgIpc) is 2.38. The van der Waals surface area contributed by atoms with Crippen molar-refractivity contribution in [2.24, 2.45) is 4.99 Å². The fourth-order valence-corrected chi connectivity index (χ4v) is 1.50. The molecule has 0 saturated carbocycles. The van der Waals surface area contributed by atoms with Crippen LogP contribution < -0.4 is 14.8 Å². The number of aliphatic imine (C=N–C) groups is 1. The van der Waals surface area contributed by atoms with Crippen LogP contribution in [0.5, 0.6) is 11.5 Å². The van der Waals surface area contributed by atoms with Gasteiger partial charge < -0.3 is 9.47 Å². The molecule has 1 aromatic rings. The molecule has 0 aliphatic rings. The van der Waals surface area contributed by atoms with E-state index in [2.05, 4.69) is 10.3 Å². The third kappa shape index (κ3) is 3.57. The first kappa shape index (κ1) is 13.2. The first-order chi connectivity index (χ1) is 8.24. The van der Waals surface area contributed by atoms with E-state index in [1.807, 2.05) is 12.4 Å². The molecule has 17 heavy (non-hydrogen) atoms. The van der Waals surface area contributed by atoms with E-state index in [0.29, 0.717) is 22.4 Å². The van der Waals surface area contributed by atoms with Crippen molar-refractivity contribution in [2.45, 2.75) is 0 Å². The largest absolute Gasteiger partial charge is 0.497 e. The van der Waals surface area contributed by atoms with Gasteiger partial charge in [0, 0.05) is 6.07 Å². The van der Waals surface area contributed by atoms with Crippen molar-refractivity contribution in [3.63, 3.8) is 0 Å². The van der Waals surface area contributed by atoms with Crippen molar-refractivity contribution in [1.82, 2.24) is 5.32 Å². The monoisotopic (exact) mass is 251 g/mol. The Morgan fingerprint density at radius 2 is 2.18 bits per heavy atom. The lowest BCUT2D eigenvalue weighted by Crippen LogP contribution is -2.12. The first-order valence-electron chi connectivity index (χ1n) is 4.75. The van der Waals surface area contributed by atoms with Gasteiger partial charge in [-0.15, -0.1) is 0 Å². The highest BCUT2D eigenvalue weighted by Crippen LogP contribution is 2.31. The molecule has 0 amide bonds. The molecule has 0 spiro atoms. The van der Waals surface area contributed by atoms with Gasteiger partial charge in [0.25, 0.3) is 0 Å². The minimum Gasteiger partial charge on any atom is -0.497 e. The number of hydrogen-bond acceptors (Lipinski definition) is 5. The third-order valence-electron chi connectivity index (χ3n) is 1.97. The van der Waals surface area contributed by atoms with Crippen LogP contribution in [0.3, 0.4) is 0 Å². The predicted octanol–water partition coefficient (Wildman–Crippen LogP) is 2.12. The highest BCUT2D eigenvalue weighted by Gasteiger charge is 2.05. The molecule has 90 valence electrons. The maximum Gasteiger partial charge on any atom is 0.183 e. The molecular weight excluding hydrogens is 238 g/mol. The van der Waals surface area contributed by atoms with Crippen LogP contribution in [-0.4, -0.2) is 25.6 Å². The number of nitrogens with one attached hydrogen (secondary N) is 1. The van der Waals surface area contributed by atoms with E-state index in [4.69, 9.17) is 14.7 Å². The maximum absolute atomic E-state index is 8.55. The Morgan fingerprint density at radius 3 is 2.71 bits per heavy atom.